The van der Waals surface area contributed by atoms with Crippen molar-refractivity contribution in [2.75, 3.05) is 7.11 Å². The topological polar surface area (TPSA) is 82.3 Å². The number of aryl methyl sites for hydroxylation is 1. The molecular weight excluding hydrogens is 352 g/mol. The van der Waals surface area contributed by atoms with Gasteiger partial charge in [0, 0.05) is 28.7 Å². The van der Waals surface area contributed by atoms with Gasteiger partial charge in [-0.2, -0.15) is 0 Å². The minimum atomic E-state index is -0.464. The van der Waals surface area contributed by atoms with Crippen LogP contribution in [0.5, 0.6) is 0 Å². The van der Waals surface area contributed by atoms with Gasteiger partial charge in [0.05, 0.1) is 12.0 Å². The quantitative estimate of drug-likeness (QED) is 0.460. The van der Waals surface area contributed by atoms with Crippen LogP contribution in [0.2, 0.25) is 0 Å². The van der Waals surface area contributed by atoms with Gasteiger partial charge in [-0.3, -0.25) is 14.9 Å². The van der Waals surface area contributed by atoms with Gasteiger partial charge in [0.15, 0.2) is 0 Å². The lowest BCUT2D eigenvalue weighted by Crippen LogP contribution is -2.02. The van der Waals surface area contributed by atoms with E-state index in [4.69, 9.17) is 0 Å². The molecule has 0 aliphatic rings. The number of esters is 1. The summed E-state index contributed by atoms with van der Waals surface area (Å²) in [6, 6.07) is 8.62. The highest BCUT2D eigenvalue weighted by atomic mass is 79.9. The molecule has 2 rings (SSSR count). The molecule has 2 aromatic rings. The second-order valence-corrected chi connectivity index (χ2v) is 5.47. The lowest BCUT2D eigenvalue weighted by molar-refractivity contribution is -0.384. The van der Waals surface area contributed by atoms with Crippen molar-refractivity contribution < 1.29 is 14.5 Å². The molecule has 7 heteroatoms. The molecule has 0 radical (unpaired) electrons. The predicted molar refractivity (Wildman–Crippen MR) is 84.4 cm³/mol. The first-order valence-electron chi connectivity index (χ1n) is 6.47. The molecule has 0 bridgehead atoms. The number of hydrogen-bond donors (Lipinski definition) is 0. The van der Waals surface area contributed by atoms with Gasteiger partial charge in [-0.05, 0) is 34.0 Å². The average molecular weight is 365 g/mol. The van der Waals surface area contributed by atoms with Crippen LogP contribution in [0.4, 0.5) is 5.69 Å². The number of aromatic nitrogens is 1. The van der Waals surface area contributed by atoms with Gasteiger partial charge >= 0.3 is 5.97 Å². The van der Waals surface area contributed by atoms with Crippen LogP contribution >= 0.6 is 15.9 Å². The number of carbonyl (C=O) groups is 1. The van der Waals surface area contributed by atoms with Crippen LogP contribution in [0.1, 0.15) is 12.0 Å². The van der Waals surface area contributed by atoms with Crippen LogP contribution < -0.4 is 0 Å². The third-order valence-electron chi connectivity index (χ3n) is 3.08. The van der Waals surface area contributed by atoms with Crippen molar-refractivity contribution in [1.29, 1.82) is 0 Å². The van der Waals surface area contributed by atoms with E-state index in [2.05, 4.69) is 25.7 Å². The molecule has 0 unspecified atom stereocenters. The number of ether oxygens (including phenoxy) is 1. The van der Waals surface area contributed by atoms with Crippen LogP contribution in [0.15, 0.2) is 41.0 Å². The van der Waals surface area contributed by atoms with Crippen LogP contribution in [-0.2, 0) is 16.0 Å². The monoisotopic (exact) mass is 364 g/mol. The largest absolute Gasteiger partial charge is 0.469 e. The summed E-state index contributed by atoms with van der Waals surface area (Å²) in [5.41, 5.74) is 1.76. The number of hydrogen-bond acceptors (Lipinski definition) is 5. The number of rotatable bonds is 5. The summed E-state index contributed by atoms with van der Waals surface area (Å²) < 4.78 is 5.15. The molecule has 114 valence electrons. The Labute approximate surface area is 135 Å². The number of methoxy groups -OCH3 is 1. The van der Waals surface area contributed by atoms with E-state index in [1.54, 1.807) is 18.2 Å². The summed E-state index contributed by atoms with van der Waals surface area (Å²) in [5.74, 6) is -0.293. The molecule has 0 aliphatic carbocycles. The third kappa shape index (κ3) is 3.88. The van der Waals surface area contributed by atoms with Gasteiger partial charge in [0.2, 0.25) is 0 Å². The van der Waals surface area contributed by atoms with E-state index in [0.717, 1.165) is 5.56 Å². The van der Waals surface area contributed by atoms with Crippen molar-refractivity contribution in [2.45, 2.75) is 12.8 Å². The molecule has 0 atom stereocenters. The van der Waals surface area contributed by atoms with Crippen molar-refractivity contribution in [3.8, 4) is 11.3 Å². The highest BCUT2D eigenvalue weighted by Crippen LogP contribution is 2.30. The van der Waals surface area contributed by atoms with Crippen molar-refractivity contribution in [2.24, 2.45) is 0 Å². The Balaban J connectivity index is 2.34. The van der Waals surface area contributed by atoms with Gasteiger partial charge in [-0.15, -0.1) is 0 Å². The molecule has 1 aromatic heterocycles. The van der Waals surface area contributed by atoms with Gasteiger partial charge in [-0.25, -0.2) is 4.98 Å². The fraction of sp³-hybridized carbons (Fsp3) is 0.200. The number of nitrogens with zero attached hydrogens (tertiary/aromatic N) is 2. The van der Waals surface area contributed by atoms with Crippen molar-refractivity contribution in [3.05, 3.63) is 56.7 Å². The highest BCUT2D eigenvalue weighted by Gasteiger charge is 2.17. The standard InChI is InChI=1S/C15H13BrN2O4/c1-22-14(19)6-5-10-3-2-4-11(7-10)15-13(18(20)21)8-12(16)9-17-15/h2-4,7-9H,5-6H2,1H3. The van der Waals surface area contributed by atoms with Crippen LogP contribution in [-0.4, -0.2) is 23.0 Å². The van der Waals surface area contributed by atoms with E-state index in [-0.39, 0.29) is 18.1 Å². The maximum Gasteiger partial charge on any atom is 0.305 e. The zero-order valence-corrected chi connectivity index (χ0v) is 13.4. The molecule has 0 saturated carbocycles. The Morgan fingerprint density at radius 3 is 2.86 bits per heavy atom. The number of carbonyl (C=O) groups excluding carboxylic acids is 1. The van der Waals surface area contributed by atoms with E-state index >= 15 is 0 Å². The Kier molecular flexibility index (Phi) is 5.21. The van der Waals surface area contributed by atoms with E-state index < -0.39 is 4.92 Å². The second-order valence-electron chi connectivity index (χ2n) is 4.55. The van der Waals surface area contributed by atoms with E-state index in [1.165, 1.54) is 19.4 Å². The summed E-state index contributed by atoms with van der Waals surface area (Å²) in [6.45, 7) is 0. The first-order valence-corrected chi connectivity index (χ1v) is 7.26. The van der Waals surface area contributed by atoms with Gasteiger partial charge in [0.25, 0.3) is 5.69 Å². The molecule has 0 aliphatic heterocycles. The fourth-order valence-corrected chi connectivity index (χ4v) is 2.33. The molecule has 0 saturated heterocycles. The molecule has 0 amide bonds. The molecular formula is C15H13BrN2O4. The first kappa shape index (κ1) is 16.1. The summed E-state index contributed by atoms with van der Waals surface area (Å²) in [7, 11) is 1.34. The van der Waals surface area contributed by atoms with E-state index in [9.17, 15) is 14.9 Å². The van der Waals surface area contributed by atoms with Crippen molar-refractivity contribution in [1.82, 2.24) is 4.98 Å². The van der Waals surface area contributed by atoms with Gasteiger partial charge < -0.3 is 4.74 Å². The zero-order chi connectivity index (χ0) is 16.1. The van der Waals surface area contributed by atoms with E-state index in [0.29, 0.717) is 22.2 Å². The van der Waals surface area contributed by atoms with Crippen molar-refractivity contribution >= 4 is 27.6 Å². The SMILES string of the molecule is COC(=O)CCc1cccc(-c2ncc(Br)cc2[N+](=O)[O-])c1. The Hall–Kier alpha value is -2.28. The fourth-order valence-electron chi connectivity index (χ4n) is 2.01. The third-order valence-corrected chi connectivity index (χ3v) is 3.51. The minimum Gasteiger partial charge on any atom is -0.469 e. The van der Waals surface area contributed by atoms with Crippen LogP contribution in [0.3, 0.4) is 0 Å². The highest BCUT2D eigenvalue weighted by molar-refractivity contribution is 9.10. The van der Waals surface area contributed by atoms with Crippen LogP contribution in [0, 0.1) is 10.1 Å². The number of halogens is 1. The van der Waals surface area contributed by atoms with Crippen LogP contribution in [0.25, 0.3) is 11.3 Å². The smallest absolute Gasteiger partial charge is 0.305 e. The maximum absolute atomic E-state index is 11.2. The second kappa shape index (κ2) is 7.13. The predicted octanol–water partition coefficient (Wildman–Crippen LogP) is 3.52. The summed E-state index contributed by atoms with van der Waals surface area (Å²) >= 11 is 3.18. The molecule has 0 N–H and O–H groups in total. The van der Waals surface area contributed by atoms with Gasteiger partial charge in [0.1, 0.15) is 5.69 Å². The molecule has 22 heavy (non-hydrogen) atoms. The molecule has 1 aromatic carbocycles. The molecule has 0 fully saturated rings. The molecule has 0 spiro atoms. The Bertz CT molecular complexity index is 718. The average Bonchev–Trinajstić information content (AvgIpc) is 2.52. The normalized spacial score (nSPS) is 10.3. The van der Waals surface area contributed by atoms with Gasteiger partial charge in [-0.1, -0.05) is 18.2 Å². The van der Waals surface area contributed by atoms with E-state index in [1.807, 2.05) is 6.07 Å². The lowest BCUT2D eigenvalue weighted by Gasteiger charge is -2.06. The maximum atomic E-state index is 11.2. The summed E-state index contributed by atoms with van der Waals surface area (Å²) in [4.78, 5) is 26.0. The number of nitro groups is 1. The zero-order valence-electron chi connectivity index (χ0n) is 11.8. The number of pyridine rings is 1. The molecule has 1 heterocycles. The summed E-state index contributed by atoms with van der Waals surface area (Å²) in [6.07, 6.45) is 2.28. The summed E-state index contributed by atoms with van der Waals surface area (Å²) in [5, 5.41) is 11.2. The first-order chi connectivity index (χ1) is 10.5. The minimum absolute atomic E-state index is 0.0699. The molecule has 6 nitrogen and oxygen atoms in total. The number of benzene rings is 1. The van der Waals surface area contributed by atoms with Crippen molar-refractivity contribution in [3.63, 3.8) is 0 Å². The Morgan fingerprint density at radius 2 is 2.18 bits per heavy atom. The Morgan fingerprint density at radius 1 is 1.41 bits per heavy atom. The lowest BCUT2D eigenvalue weighted by atomic mass is 10.0.